The molecule has 0 radical (unpaired) electrons. The van der Waals surface area contributed by atoms with Gasteiger partial charge in [0.25, 0.3) is 0 Å². The molecule has 0 aliphatic rings. The summed E-state index contributed by atoms with van der Waals surface area (Å²) in [4.78, 5) is 11.4. The monoisotopic (exact) mass is 1710 g/mol. The van der Waals surface area contributed by atoms with Crippen LogP contribution in [0.3, 0.4) is 0 Å². The van der Waals surface area contributed by atoms with E-state index in [0.717, 1.165) is 19.3 Å². The average Bonchev–Trinajstić information content (AvgIpc) is 0.823. The molecule has 0 N–H and O–H groups in total. The van der Waals surface area contributed by atoms with E-state index < -0.39 is 0 Å². The van der Waals surface area contributed by atoms with Crippen LogP contribution in [0.5, 0.6) is 0 Å². The molecule has 0 fully saturated rings. The molecule has 16 rings (SSSR count). The topological polar surface area (TPSA) is 38.7 Å². The van der Waals surface area contributed by atoms with Crippen molar-refractivity contribution in [2.24, 2.45) is 0 Å². The third-order valence-electron chi connectivity index (χ3n) is 16.5. The summed E-state index contributed by atoms with van der Waals surface area (Å²) in [7, 11) is 0. The van der Waals surface area contributed by atoms with Crippen molar-refractivity contribution < 1.29 is 104 Å². The minimum atomic E-state index is 0. The Hall–Kier alpha value is -9.81. The smallest absolute Gasteiger partial charge is 1.00 e. The zero-order valence-electron chi connectivity index (χ0n) is 76.8. The quantitative estimate of drug-likeness (QED) is 0.0904. The molecule has 0 bridgehead atoms. The van der Waals surface area contributed by atoms with Crippen LogP contribution in [0, 0.1) is 34.1 Å². The first-order chi connectivity index (χ1) is 58.7. The van der Waals surface area contributed by atoms with Crippen molar-refractivity contribution in [2.45, 2.75) is 164 Å². The fraction of sp³-hybridized carbons (Fsp3) is 0.200. The van der Waals surface area contributed by atoms with Gasteiger partial charge >= 0.3 is 103 Å². The molecule has 0 saturated carbocycles. The largest absolute Gasteiger partial charge is 1.00 e. The van der Waals surface area contributed by atoms with Crippen molar-refractivity contribution in [2.75, 3.05) is 0 Å². The van der Waals surface area contributed by atoms with Crippen LogP contribution in [-0.4, -0.2) is 15.0 Å². The number of benzene rings is 13. The molecule has 0 saturated heterocycles. The molecule has 0 aliphatic carbocycles. The van der Waals surface area contributed by atoms with Gasteiger partial charge in [-0.3, -0.25) is 15.0 Å². The molecular formula is C120H153K2N3. The van der Waals surface area contributed by atoms with Gasteiger partial charge in [-0.1, -0.05) is 528 Å². The average molecular weight is 1720 g/mol. The van der Waals surface area contributed by atoms with E-state index in [4.69, 9.17) is 0 Å². The van der Waals surface area contributed by atoms with E-state index in [2.05, 4.69) is 312 Å². The van der Waals surface area contributed by atoms with Crippen molar-refractivity contribution >= 4 is 6.08 Å². The second-order valence-electron chi connectivity index (χ2n) is 25.5. The van der Waals surface area contributed by atoms with Gasteiger partial charge in [0.15, 0.2) is 0 Å². The predicted molar refractivity (Wildman–Crippen MR) is 553 cm³/mol. The number of hydrogen-bond acceptors (Lipinski definition) is 3. The molecule has 3 heterocycles. The summed E-state index contributed by atoms with van der Waals surface area (Å²) in [6.07, 6.45) is 17.9. The SMILES string of the molecule is C.C.C.C.C=Cc1ccccc1.CC.CC.CC.CC.CC(CC(CC(c1ccccc1)c1ccccc1)c1ccccc1)c1ccccc1.CCc1ccccc1.Cc1ccccc1.Cc1ccccc1.Cc1ccccc1.Cc1ccccc1.[H-].[K+].[K+].c1ccc([CH-]c2ccccc2)cc1.c1ccccc1.c1ccncc1.c1ccncc1.c1ccncc1. The first-order valence-corrected chi connectivity index (χ1v) is 42.2. The maximum Gasteiger partial charge on any atom is 1.00 e. The minimum Gasteiger partial charge on any atom is -1.00 e. The molecule has 2 unspecified atom stereocenters. The molecule has 0 spiro atoms. The number of rotatable bonds is 12. The Morgan fingerprint density at radius 1 is 0.264 bits per heavy atom. The zero-order valence-corrected chi connectivity index (χ0v) is 82.1. The van der Waals surface area contributed by atoms with E-state index in [1.807, 2.05) is 274 Å². The Morgan fingerprint density at radius 2 is 0.464 bits per heavy atom. The van der Waals surface area contributed by atoms with E-state index in [1.54, 1.807) is 37.2 Å². The van der Waals surface area contributed by atoms with E-state index in [0.29, 0.717) is 17.8 Å². The van der Waals surface area contributed by atoms with Gasteiger partial charge in [0.1, 0.15) is 0 Å². The number of hydrogen-bond donors (Lipinski definition) is 0. The Morgan fingerprint density at radius 3 is 0.656 bits per heavy atom. The Kier molecular flexibility index (Phi) is 95.6. The summed E-state index contributed by atoms with van der Waals surface area (Å²) in [5, 5.41) is 0. The first-order valence-electron chi connectivity index (χ1n) is 42.2. The van der Waals surface area contributed by atoms with Gasteiger partial charge in [0, 0.05) is 43.1 Å². The Balaban J connectivity index is -0.000000255. The van der Waals surface area contributed by atoms with E-state index in [9.17, 15) is 0 Å². The van der Waals surface area contributed by atoms with Gasteiger partial charge in [0.2, 0.25) is 0 Å². The van der Waals surface area contributed by atoms with Gasteiger partial charge in [-0.2, -0.15) is 0 Å². The van der Waals surface area contributed by atoms with Crippen LogP contribution in [0.15, 0.2) is 499 Å². The van der Waals surface area contributed by atoms with Crippen molar-refractivity contribution in [1.82, 2.24) is 15.0 Å². The van der Waals surface area contributed by atoms with Crippen molar-refractivity contribution in [3.8, 4) is 0 Å². The molecule has 650 valence electrons. The number of aryl methyl sites for hydroxylation is 5. The Bertz CT molecular complexity index is 4150. The van der Waals surface area contributed by atoms with Crippen molar-refractivity contribution in [1.29, 1.82) is 0 Å². The molecule has 3 aromatic heterocycles. The molecule has 125 heavy (non-hydrogen) atoms. The number of aromatic nitrogens is 3. The molecule has 5 heteroatoms. The molecule has 2 atom stereocenters. The molecule has 13 aromatic carbocycles. The van der Waals surface area contributed by atoms with E-state index in [-0.39, 0.29) is 134 Å². The van der Waals surface area contributed by atoms with Crippen LogP contribution in [0.25, 0.3) is 6.08 Å². The number of nitrogens with zero attached hydrogens (tertiary/aromatic N) is 3. The van der Waals surface area contributed by atoms with Crippen LogP contribution in [0.2, 0.25) is 0 Å². The van der Waals surface area contributed by atoms with Gasteiger partial charge in [0.05, 0.1) is 0 Å². The Labute approximate surface area is 851 Å². The van der Waals surface area contributed by atoms with Crippen molar-refractivity contribution in [3.63, 3.8) is 0 Å². The van der Waals surface area contributed by atoms with Gasteiger partial charge in [-0.05, 0) is 129 Å². The summed E-state index contributed by atoms with van der Waals surface area (Å²) in [6, 6.07) is 155. The zero-order chi connectivity index (χ0) is 86.6. The summed E-state index contributed by atoms with van der Waals surface area (Å²) < 4.78 is 0. The van der Waals surface area contributed by atoms with E-state index in [1.165, 1.54) is 66.8 Å². The summed E-state index contributed by atoms with van der Waals surface area (Å²) in [5.41, 5.74) is 16.0. The van der Waals surface area contributed by atoms with Crippen LogP contribution in [0.4, 0.5) is 0 Å². The fourth-order valence-corrected chi connectivity index (χ4v) is 10.6. The first kappa shape index (κ1) is 126. The van der Waals surface area contributed by atoms with Crippen molar-refractivity contribution in [3.05, 3.63) is 572 Å². The fourth-order valence-electron chi connectivity index (χ4n) is 10.6. The molecular weight excluding hydrogens is 1560 g/mol. The summed E-state index contributed by atoms with van der Waals surface area (Å²) >= 11 is 0. The molecule has 0 aliphatic heterocycles. The molecule has 0 amide bonds. The maximum atomic E-state index is 3.78. The molecule has 16 aromatic rings. The third-order valence-corrected chi connectivity index (χ3v) is 16.5. The maximum absolute atomic E-state index is 3.78. The van der Waals surface area contributed by atoms with Gasteiger partial charge in [-0.25, -0.2) is 0 Å². The number of pyridine rings is 3. The molecule has 3 nitrogen and oxygen atoms in total. The van der Waals surface area contributed by atoms with Crippen LogP contribution < -0.4 is 103 Å². The standard InChI is InChI=1S/C30H30.C13H11.C8H10.C8H8.4C7H8.C6H6.3C5H5N.4C2H6.4CH4.2K.H/c1-24(25-14-6-2-7-15-25)22-29(26-16-8-3-9-17-26)23-30(27-18-10-4-11-19-27)28-20-12-5-13-21-28;1-3-7-12(8-4-1)11-13-9-5-2-6-10-13;2*1-2-8-6-4-3-5-7-8;4*1-7-5-3-2-4-6-7;4*1-2-4-6-5-3-1;4*1-2;;;;;;;/h2-21,24,29-30H,22-23H2,1H3;1-11H;3-7H,2H2,1H3;2-7H,1H2;4*2-6H,1H3;1-6H;3*1-5H;4*1-2H3;4*1H4;;;/q;-1;;;;;;;;;;;;;;;;;;;2*+1;-1. The summed E-state index contributed by atoms with van der Waals surface area (Å²) in [6.45, 7) is 32.5. The van der Waals surface area contributed by atoms with Gasteiger partial charge in [-0.15, -0.1) is 41.8 Å². The minimum absolute atomic E-state index is 0. The third kappa shape index (κ3) is 71.1. The summed E-state index contributed by atoms with van der Waals surface area (Å²) in [5.74, 6) is 1.40. The second kappa shape index (κ2) is 94.9. The van der Waals surface area contributed by atoms with Crippen LogP contribution in [0.1, 0.15) is 198 Å². The van der Waals surface area contributed by atoms with E-state index >= 15 is 0 Å². The normalized spacial score (nSPS) is 8.95. The van der Waals surface area contributed by atoms with Crippen LogP contribution in [-0.2, 0) is 6.42 Å². The second-order valence-corrected chi connectivity index (χ2v) is 25.5. The predicted octanol–water partition coefficient (Wildman–Crippen LogP) is 29.7. The van der Waals surface area contributed by atoms with Crippen LogP contribution >= 0.6 is 0 Å². The van der Waals surface area contributed by atoms with Gasteiger partial charge < -0.3 is 1.43 Å².